The van der Waals surface area contributed by atoms with Crippen LogP contribution in [0.1, 0.15) is 43.6 Å². The highest BCUT2D eigenvalue weighted by Crippen LogP contribution is 2.31. The van der Waals surface area contributed by atoms with Crippen molar-refractivity contribution in [3.63, 3.8) is 0 Å². The number of nitrogens with zero attached hydrogens (tertiary/aromatic N) is 1. The number of carbonyl (C=O) groups is 2. The second-order valence-electron chi connectivity index (χ2n) is 7.47. The maximum atomic E-state index is 12.5. The van der Waals surface area contributed by atoms with Gasteiger partial charge in [-0.05, 0) is 30.9 Å². The first kappa shape index (κ1) is 21.5. The Labute approximate surface area is 167 Å². The molecule has 7 heteroatoms. The molecule has 0 spiro atoms. The van der Waals surface area contributed by atoms with Gasteiger partial charge < -0.3 is 21.3 Å². The molecule has 3 amide bonds. The topological polar surface area (TPSA) is 87.5 Å². The molecule has 2 fully saturated rings. The highest BCUT2D eigenvalue weighted by Gasteiger charge is 2.35. The average Bonchev–Trinajstić information content (AvgIpc) is 3.12. The molecule has 1 aliphatic carbocycles. The Hall–Kier alpha value is -1.79. The smallest absolute Gasteiger partial charge is 0.315 e. The number of hydrogen-bond acceptors (Lipinski definition) is 3. The lowest BCUT2D eigenvalue weighted by Gasteiger charge is -2.23. The van der Waals surface area contributed by atoms with Crippen LogP contribution in [0.4, 0.5) is 4.79 Å². The molecule has 2 aliphatic rings. The van der Waals surface area contributed by atoms with E-state index in [1.807, 2.05) is 23.1 Å². The standard InChI is InChI=1S/C20H30N4O2.ClH/c21-11-16-13-24(14-18(16)15-7-3-1-4-8-15)19(25)12-22-20(26)23-17-9-5-2-6-10-17;/h1,3-4,7-8,16-18H,2,5-6,9-14,21H2,(H2,22,23,26);1H/t16-,18+;/m1./s1. The lowest BCUT2D eigenvalue weighted by Crippen LogP contribution is -2.46. The van der Waals surface area contributed by atoms with Crippen molar-refractivity contribution in [2.45, 2.75) is 44.1 Å². The number of carbonyl (C=O) groups excluding carboxylic acids is 2. The van der Waals surface area contributed by atoms with Gasteiger partial charge in [0.25, 0.3) is 0 Å². The van der Waals surface area contributed by atoms with Gasteiger partial charge in [-0.3, -0.25) is 4.79 Å². The van der Waals surface area contributed by atoms with Crippen molar-refractivity contribution in [3.05, 3.63) is 35.9 Å². The first-order chi connectivity index (χ1) is 12.7. The molecule has 0 aromatic heterocycles. The Morgan fingerprint density at radius 2 is 1.78 bits per heavy atom. The molecule has 1 aromatic carbocycles. The van der Waals surface area contributed by atoms with Gasteiger partial charge in [-0.1, -0.05) is 49.6 Å². The Kier molecular flexibility index (Phi) is 8.38. The highest BCUT2D eigenvalue weighted by molar-refractivity contribution is 5.85. The van der Waals surface area contributed by atoms with E-state index in [9.17, 15) is 9.59 Å². The van der Waals surface area contributed by atoms with Gasteiger partial charge in [-0.2, -0.15) is 0 Å². The van der Waals surface area contributed by atoms with E-state index in [0.29, 0.717) is 19.6 Å². The molecule has 0 radical (unpaired) electrons. The number of hydrogen-bond donors (Lipinski definition) is 3. The van der Waals surface area contributed by atoms with E-state index in [0.717, 1.165) is 12.8 Å². The average molecular weight is 395 g/mol. The quantitative estimate of drug-likeness (QED) is 0.715. The minimum atomic E-state index is -0.237. The second kappa shape index (κ2) is 10.5. The third kappa shape index (κ3) is 5.84. The summed E-state index contributed by atoms with van der Waals surface area (Å²) < 4.78 is 0. The van der Waals surface area contributed by atoms with Crippen LogP contribution in [0.2, 0.25) is 0 Å². The Morgan fingerprint density at radius 3 is 2.44 bits per heavy atom. The molecule has 1 saturated heterocycles. The molecule has 1 aromatic rings. The molecular formula is C20H31ClN4O2. The van der Waals surface area contributed by atoms with E-state index in [-0.39, 0.29) is 48.8 Å². The van der Waals surface area contributed by atoms with Gasteiger partial charge in [0, 0.05) is 25.0 Å². The number of urea groups is 1. The summed E-state index contributed by atoms with van der Waals surface area (Å²) in [6.45, 7) is 1.91. The first-order valence-electron chi connectivity index (χ1n) is 9.74. The number of amides is 3. The molecule has 150 valence electrons. The number of likely N-dealkylation sites (tertiary alicyclic amines) is 1. The molecule has 4 N–H and O–H groups in total. The summed E-state index contributed by atoms with van der Waals surface area (Å²) in [7, 11) is 0. The van der Waals surface area contributed by atoms with Crippen LogP contribution >= 0.6 is 12.4 Å². The fourth-order valence-corrected chi connectivity index (χ4v) is 4.14. The maximum Gasteiger partial charge on any atom is 0.315 e. The summed E-state index contributed by atoms with van der Waals surface area (Å²) >= 11 is 0. The van der Waals surface area contributed by atoms with E-state index >= 15 is 0 Å². The minimum Gasteiger partial charge on any atom is -0.340 e. The molecule has 3 rings (SSSR count). The van der Waals surface area contributed by atoms with Gasteiger partial charge in [-0.25, -0.2) is 4.79 Å². The predicted octanol–water partition coefficient (Wildman–Crippen LogP) is 2.24. The Morgan fingerprint density at radius 1 is 1.07 bits per heavy atom. The van der Waals surface area contributed by atoms with Gasteiger partial charge in [0.15, 0.2) is 0 Å². The van der Waals surface area contributed by atoms with E-state index in [1.165, 1.54) is 24.8 Å². The van der Waals surface area contributed by atoms with Gasteiger partial charge in [-0.15, -0.1) is 12.4 Å². The summed E-state index contributed by atoms with van der Waals surface area (Å²) in [5.74, 6) is 0.485. The lowest BCUT2D eigenvalue weighted by atomic mass is 9.89. The van der Waals surface area contributed by atoms with Crippen LogP contribution < -0.4 is 16.4 Å². The number of benzene rings is 1. The Balaban J connectivity index is 0.00000261. The summed E-state index contributed by atoms with van der Waals surface area (Å²) in [5.41, 5.74) is 7.16. The molecule has 1 aliphatic heterocycles. The normalized spacial score (nSPS) is 22.8. The summed E-state index contributed by atoms with van der Waals surface area (Å²) in [6, 6.07) is 10.2. The number of nitrogens with one attached hydrogen (secondary N) is 2. The summed E-state index contributed by atoms with van der Waals surface area (Å²) in [5, 5.41) is 5.70. The van der Waals surface area contributed by atoms with Crippen molar-refractivity contribution in [2.24, 2.45) is 11.7 Å². The fourth-order valence-electron chi connectivity index (χ4n) is 4.14. The van der Waals surface area contributed by atoms with Crippen molar-refractivity contribution in [2.75, 3.05) is 26.2 Å². The van der Waals surface area contributed by atoms with Crippen LogP contribution in [-0.2, 0) is 4.79 Å². The predicted molar refractivity (Wildman–Crippen MR) is 109 cm³/mol. The van der Waals surface area contributed by atoms with Crippen LogP contribution in [-0.4, -0.2) is 49.1 Å². The molecule has 1 heterocycles. The van der Waals surface area contributed by atoms with Crippen molar-refractivity contribution >= 4 is 24.3 Å². The van der Waals surface area contributed by atoms with Gasteiger partial charge >= 0.3 is 6.03 Å². The first-order valence-corrected chi connectivity index (χ1v) is 9.74. The zero-order chi connectivity index (χ0) is 18.4. The SMILES string of the molecule is Cl.NC[C@@H]1CN(C(=O)CNC(=O)NC2CCCCC2)C[C@H]1c1ccccc1. The van der Waals surface area contributed by atoms with Crippen LogP contribution in [0.15, 0.2) is 30.3 Å². The third-order valence-electron chi connectivity index (χ3n) is 5.66. The van der Waals surface area contributed by atoms with Crippen molar-refractivity contribution in [1.82, 2.24) is 15.5 Å². The number of nitrogens with two attached hydrogens (primary N) is 1. The van der Waals surface area contributed by atoms with E-state index in [4.69, 9.17) is 5.73 Å². The molecule has 0 bridgehead atoms. The Bertz CT molecular complexity index is 607. The zero-order valence-electron chi connectivity index (χ0n) is 15.7. The molecule has 6 nitrogen and oxygen atoms in total. The van der Waals surface area contributed by atoms with E-state index in [1.54, 1.807) is 0 Å². The monoisotopic (exact) mass is 394 g/mol. The largest absolute Gasteiger partial charge is 0.340 e. The van der Waals surface area contributed by atoms with Crippen LogP contribution in [0.25, 0.3) is 0 Å². The molecule has 2 atom stereocenters. The molecule has 1 saturated carbocycles. The lowest BCUT2D eigenvalue weighted by molar-refractivity contribution is -0.129. The molecule has 0 unspecified atom stereocenters. The van der Waals surface area contributed by atoms with E-state index in [2.05, 4.69) is 22.8 Å². The summed E-state index contributed by atoms with van der Waals surface area (Å²) in [4.78, 5) is 26.4. The van der Waals surface area contributed by atoms with Crippen molar-refractivity contribution in [3.8, 4) is 0 Å². The van der Waals surface area contributed by atoms with Crippen LogP contribution in [0.3, 0.4) is 0 Å². The van der Waals surface area contributed by atoms with E-state index < -0.39 is 0 Å². The minimum absolute atomic E-state index is 0. The van der Waals surface area contributed by atoms with Gasteiger partial charge in [0.05, 0.1) is 6.54 Å². The number of halogens is 1. The zero-order valence-corrected chi connectivity index (χ0v) is 16.5. The van der Waals surface area contributed by atoms with Crippen molar-refractivity contribution < 1.29 is 9.59 Å². The molecular weight excluding hydrogens is 364 g/mol. The van der Waals surface area contributed by atoms with Crippen molar-refractivity contribution in [1.29, 1.82) is 0 Å². The molecule has 27 heavy (non-hydrogen) atoms. The van der Waals surface area contributed by atoms with Gasteiger partial charge in [0.1, 0.15) is 0 Å². The maximum absolute atomic E-state index is 12.5. The van der Waals surface area contributed by atoms with Crippen LogP contribution in [0.5, 0.6) is 0 Å². The van der Waals surface area contributed by atoms with Gasteiger partial charge in [0.2, 0.25) is 5.91 Å². The fraction of sp³-hybridized carbons (Fsp3) is 0.600. The summed E-state index contributed by atoms with van der Waals surface area (Å²) in [6.07, 6.45) is 5.64. The van der Waals surface area contributed by atoms with Crippen LogP contribution in [0, 0.1) is 5.92 Å². The second-order valence-corrected chi connectivity index (χ2v) is 7.47. The highest BCUT2D eigenvalue weighted by atomic mass is 35.5. The third-order valence-corrected chi connectivity index (χ3v) is 5.66. The number of rotatable bonds is 5.